The zero-order valence-electron chi connectivity index (χ0n) is 9.47. The minimum atomic E-state index is 0.438. The van der Waals surface area contributed by atoms with Crippen molar-refractivity contribution in [3.05, 3.63) is 15.1 Å². The summed E-state index contributed by atoms with van der Waals surface area (Å²) in [7, 11) is 1.90. The van der Waals surface area contributed by atoms with Crippen LogP contribution in [0.15, 0.2) is 0 Å². The van der Waals surface area contributed by atoms with Crippen molar-refractivity contribution in [1.29, 1.82) is 0 Å². The molecular formula is C10H16IN3S. The average molecular weight is 337 g/mol. The van der Waals surface area contributed by atoms with Gasteiger partial charge in [-0.15, -0.1) is 0 Å². The summed E-state index contributed by atoms with van der Waals surface area (Å²) in [4.78, 5) is 9.06. The summed E-state index contributed by atoms with van der Waals surface area (Å²) in [5.74, 6) is 3.16. The molecule has 0 atom stereocenters. The van der Waals surface area contributed by atoms with Crippen LogP contribution in [-0.2, 0) is 5.75 Å². The minimum Gasteiger partial charge on any atom is -0.372 e. The minimum absolute atomic E-state index is 0.438. The van der Waals surface area contributed by atoms with E-state index in [4.69, 9.17) is 0 Å². The summed E-state index contributed by atoms with van der Waals surface area (Å²) >= 11 is 4.05. The second kappa shape index (κ2) is 5.89. The van der Waals surface area contributed by atoms with Crippen LogP contribution in [0.1, 0.15) is 31.3 Å². The van der Waals surface area contributed by atoms with Crippen molar-refractivity contribution >= 4 is 40.2 Å². The second-order valence-corrected chi connectivity index (χ2v) is 5.47. The lowest BCUT2D eigenvalue weighted by Crippen LogP contribution is -2.08. The van der Waals surface area contributed by atoms with Crippen LogP contribution in [0.5, 0.6) is 0 Å². The average Bonchev–Trinajstić information content (AvgIpc) is 2.20. The summed E-state index contributed by atoms with van der Waals surface area (Å²) in [5.41, 5.74) is 1.14. The molecule has 0 aromatic carbocycles. The quantitative estimate of drug-likeness (QED) is 0.857. The summed E-state index contributed by atoms with van der Waals surface area (Å²) in [6.45, 7) is 4.32. The predicted octanol–water partition coefficient (Wildman–Crippen LogP) is 3.11. The molecule has 84 valence electrons. The highest BCUT2D eigenvalue weighted by Gasteiger charge is 2.13. The van der Waals surface area contributed by atoms with Gasteiger partial charge in [0.1, 0.15) is 11.6 Å². The number of nitrogens with zero attached hydrogens (tertiary/aromatic N) is 2. The summed E-state index contributed by atoms with van der Waals surface area (Å²) in [6, 6.07) is 0. The maximum absolute atomic E-state index is 4.59. The van der Waals surface area contributed by atoms with Crippen LogP contribution >= 0.6 is 34.4 Å². The number of hydrogen-bond acceptors (Lipinski definition) is 4. The highest BCUT2D eigenvalue weighted by molar-refractivity contribution is 14.1. The zero-order valence-corrected chi connectivity index (χ0v) is 12.4. The van der Waals surface area contributed by atoms with E-state index in [1.165, 1.54) is 0 Å². The topological polar surface area (TPSA) is 37.8 Å². The highest BCUT2D eigenvalue weighted by Crippen LogP contribution is 2.25. The van der Waals surface area contributed by atoms with Crippen LogP contribution in [0.25, 0.3) is 0 Å². The maximum Gasteiger partial charge on any atom is 0.143 e. The third kappa shape index (κ3) is 3.21. The van der Waals surface area contributed by atoms with Crippen LogP contribution in [0, 0.1) is 3.57 Å². The molecule has 0 amide bonds. The molecule has 0 aliphatic rings. The molecule has 0 saturated heterocycles. The lowest BCUT2D eigenvalue weighted by Gasteiger charge is -2.12. The van der Waals surface area contributed by atoms with E-state index in [1.54, 1.807) is 11.8 Å². The van der Waals surface area contributed by atoms with Crippen molar-refractivity contribution in [2.24, 2.45) is 0 Å². The Labute approximate surface area is 109 Å². The number of nitrogens with one attached hydrogen (secondary N) is 1. The van der Waals surface area contributed by atoms with Crippen LogP contribution in [0.3, 0.4) is 0 Å². The van der Waals surface area contributed by atoms with E-state index in [1.807, 2.05) is 7.05 Å². The van der Waals surface area contributed by atoms with E-state index in [2.05, 4.69) is 58.0 Å². The fraction of sp³-hybridized carbons (Fsp3) is 0.600. The Morgan fingerprint density at radius 1 is 1.40 bits per heavy atom. The first-order valence-corrected chi connectivity index (χ1v) is 7.30. The number of halogens is 1. The van der Waals surface area contributed by atoms with Gasteiger partial charge in [-0.3, -0.25) is 0 Å². The molecule has 0 aliphatic carbocycles. The predicted molar refractivity (Wildman–Crippen MR) is 75.6 cm³/mol. The third-order valence-electron chi connectivity index (χ3n) is 1.98. The molecule has 1 aromatic rings. The SMILES string of the molecule is CNc1nc(CSC)nc(C(C)C)c1I. The molecule has 1 N–H and O–H groups in total. The van der Waals surface area contributed by atoms with Crippen molar-refractivity contribution in [2.45, 2.75) is 25.5 Å². The lowest BCUT2D eigenvalue weighted by molar-refractivity contribution is 0.792. The molecule has 0 unspecified atom stereocenters. The molecule has 1 heterocycles. The molecular weight excluding hydrogens is 321 g/mol. The summed E-state index contributed by atoms with van der Waals surface area (Å²) in [6.07, 6.45) is 2.06. The fourth-order valence-electron chi connectivity index (χ4n) is 1.25. The summed E-state index contributed by atoms with van der Waals surface area (Å²) in [5, 5.41) is 3.12. The largest absolute Gasteiger partial charge is 0.372 e. The zero-order chi connectivity index (χ0) is 11.4. The van der Waals surface area contributed by atoms with Crippen LogP contribution in [0.4, 0.5) is 5.82 Å². The van der Waals surface area contributed by atoms with Gasteiger partial charge in [-0.25, -0.2) is 9.97 Å². The van der Waals surface area contributed by atoms with E-state index in [0.29, 0.717) is 5.92 Å². The van der Waals surface area contributed by atoms with Crippen molar-refractivity contribution in [1.82, 2.24) is 9.97 Å². The highest BCUT2D eigenvalue weighted by atomic mass is 127. The number of aromatic nitrogens is 2. The molecule has 0 saturated carbocycles. The van der Waals surface area contributed by atoms with E-state index >= 15 is 0 Å². The van der Waals surface area contributed by atoms with Gasteiger partial charge in [-0.05, 0) is 34.8 Å². The van der Waals surface area contributed by atoms with Gasteiger partial charge in [-0.1, -0.05) is 13.8 Å². The Kier molecular flexibility index (Phi) is 5.11. The van der Waals surface area contributed by atoms with Crippen molar-refractivity contribution < 1.29 is 0 Å². The molecule has 1 aromatic heterocycles. The monoisotopic (exact) mass is 337 g/mol. The Morgan fingerprint density at radius 3 is 2.53 bits per heavy atom. The van der Waals surface area contributed by atoms with E-state index in [0.717, 1.165) is 26.7 Å². The van der Waals surface area contributed by atoms with Gasteiger partial charge in [0.25, 0.3) is 0 Å². The Balaban J connectivity index is 3.19. The first-order chi connectivity index (χ1) is 7.10. The van der Waals surface area contributed by atoms with Gasteiger partial charge in [0.15, 0.2) is 0 Å². The van der Waals surface area contributed by atoms with Crippen molar-refractivity contribution in [3.8, 4) is 0 Å². The van der Waals surface area contributed by atoms with Crippen molar-refractivity contribution in [3.63, 3.8) is 0 Å². The summed E-state index contributed by atoms with van der Waals surface area (Å²) < 4.78 is 1.13. The third-order valence-corrected chi connectivity index (χ3v) is 3.59. The number of thioether (sulfide) groups is 1. The number of hydrogen-bond donors (Lipinski definition) is 1. The normalized spacial score (nSPS) is 10.8. The maximum atomic E-state index is 4.59. The molecule has 3 nitrogen and oxygen atoms in total. The molecule has 0 aliphatic heterocycles. The van der Waals surface area contributed by atoms with Gasteiger partial charge in [0.2, 0.25) is 0 Å². The fourth-order valence-corrected chi connectivity index (χ4v) is 2.78. The van der Waals surface area contributed by atoms with Gasteiger partial charge in [-0.2, -0.15) is 11.8 Å². The first-order valence-electron chi connectivity index (χ1n) is 4.83. The standard InChI is InChI=1S/C10H16IN3S/c1-6(2)9-8(11)10(12-3)14-7(13-9)5-15-4/h6H,5H2,1-4H3,(H,12,13,14). The molecule has 0 radical (unpaired) electrons. The van der Waals surface area contributed by atoms with Gasteiger partial charge < -0.3 is 5.32 Å². The smallest absolute Gasteiger partial charge is 0.143 e. The van der Waals surface area contributed by atoms with Gasteiger partial charge in [0.05, 0.1) is 15.0 Å². The van der Waals surface area contributed by atoms with Crippen LogP contribution in [0.2, 0.25) is 0 Å². The van der Waals surface area contributed by atoms with Gasteiger partial charge in [0, 0.05) is 7.05 Å². The van der Waals surface area contributed by atoms with E-state index in [9.17, 15) is 0 Å². The van der Waals surface area contributed by atoms with E-state index < -0.39 is 0 Å². The van der Waals surface area contributed by atoms with E-state index in [-0.39, 0.29) is 0 Å². The lowest BCUT2D eigenvalue weighted by atomic mass is 10.1. The number of rotatable bonds is 4. The Bertz CT molecular complexity index is 342. The molecule has 1 rings (SSSR count). The molecule has 0 bridgehead atoms. The molecule has 5 heteroatoms. The van der Waals surface area contributed by atoms with Gasteiger partial charge >= 0.3 is 0 Å². The van der Waals surface area contributed by atoms with Crippen molar-refractivity contribution in [2.75, 3.05) is 18.6 Å². The molecule has 0 spiro atoms. The second-order valence-electron chi connectivity index (χ2n) is 3.53. The Morgan fingerprint density at radius 2 is 2.07 bits per heavy atom. The van der Waals surface area contributed by atoms with Crippen LogP contribution < -0.4 is 5.32 Å². The first kappa shape index (κ1) is 13.0. The molecule has 0 fully saturated rings. The number of anilines is 1. The Hall–Kier alpha value is -0.0400. The van der Waals surface area contributed by atoms with Crippen LogP contribution in [-0.4, -0.2) is 23.3 Å². The molecule has 15 heavy (non-hydrogen) atoms.